The third-order valence-electron chi connectivity index (χ3n) is 14.4. The van der Waals surface area contributed by atoms with Gasteiger partial charge in [0.15, 0.2) is 0 Å². The van der Waals surface area contributed by atoms with E-state index in [9.17, 15) is 97.1 Å². The third-order valence-corrected chi connectivity index (χ3v) is 14.4. The minimum atomic E-state index is -1.25. The smallest absolute Gasteiger partial charge is 0.305 e. The first-order chi connectivity index (χ1) is 47.4. The van der Waals surface area contributed by atoms with Crippen LogP contribution in [-0.2, 0) is 19.2 Å². The van der Waals surface area contributed by atoms with Crippen LogP contribution >= 0.6 is 0 Å². The first-order valence-corrected chi connectivity index (χ1v) is 30.3. The molecule has 0 fully saturated rings. The predicted octanol–water partition coefficient (Wildman–Crippen LogP) is -3.61. The Hall–Kier alpha value is -12.5. The second-order valence-electron chi connectivity index (χ2n) is 21.3. The summed E-state index contributed by atoms with van der Waals surface area (Å²) in [7, 11) is 4.80. The van der Waals surface area contributed by atoms with E-state index in [1.165, 1.54) is 28.2 Å². The van der Waals surface area contributed by atoms with Gasteiger partial charge in [-0.1, -0.05) is 0 Å². The monoisotopic (exact) mass is 1400 g/mol. The van der Waals surface area contributed by atoms with E-state index >= 15 is 0 Å². The largest absolute Gasteiger partial charge is 0.506 e. The molecule has 0 aliphatic carbocycles. The number of nitrogens with zero attached hydrogens (tertiary/aromatic N) is 2. The van der Waals surface area contributed by atoms with Crippen LogP contribution in [0.3, 0.4) is 0 Å². The molecule has 38 heteroatoms. The van der Waals surface area contributed by atoms with Gasteiger partial charge in [-0.3, -0.25) is 86.5 Å². The number of aromatic hydroxyl groups is 4. The second kappa shape index (κ2) is 38.9. The zero-order chi connectivity index (χ0) is 74.5. The maximum atomic E-state index is 13.9. The fourth-order valence-corrected chi connectivity index (χ4v) is 9.17. The van der Waals surface area contributed by atoms with Gasteiger partial charge in [0.1, 0.15) is 23.0 Å². The van der Waals surface area contributed by atoms with Crippen LogP contribution in [0.5, 0.6) is 23.0 Å². The summed E-state index contributed by atoms with van der Waals surface area (Å²) < 4.78 is 0. The molecular weight excluding hydrogens is 1320 g/mol. The highest BCUT2D eigenvalue weighted by atomic mass is 16.4. The number of carboxylic acid groups (broad SMARTS) is 4. The van der Waals surface area contributed by atoms with Gasteiger partial charge in [0.2, 0.25) is 0 Å². The van der Waals surface area contributed by atoms with Crippen LogP contribution in [0.4, 0.5) is 0 Å². The quantitative estimate of drug-likeness (QED) is 0.0205. The molecule has 0 unspecified atom stereocenters. The molecule has 38 nitrogen and oxygen atoms in total. The van der Waals surface area contributed by atoms with Gasteiger partial charge >= 0.3 is 23.9 Å². The Bertz CT molecular complexity index is 3360. The third kappa shape index (κ3) is 23.7. The molecule has 0 bridgehead atoms. The number of rotatable bonds is 39. The van der Waals surface area contributed by atoms with Crippen molar-refractivity contribution in [1.29, 1.82) is 0 Å². The molecular formula is C62H76N14O24. The van der Waals surface area contributed by atoms with E-state index in [0.29, 0.717) is 0 Å². The van der Waals surface area contributed by atoms with E-state index in [2.05, 4.69) is 63.8 Å². The lowest BCUT2D eigenvalue weighted by Gasteiger charge is -2.28. The standard InChI is InChI=1S/C62H76N14O24/c1-63-55(93)35-23-31(51(89)67-9-5-43(77)78)27-39(47(35)85)59(97)71-13-17-75(18-14-72-60(98)40-28-32(52(90)68-10-6-44(79)80)24-36(48(40)86)56(94)64-2)21-22-76(19-15-73-61(99)41-29-33(53(91)69-11-7-45(81)82)25-37(49(41)87)57(95)65-3)20-16-74-62(100)42-30-34(54(92)70-12-8-46(83)84)26-38(50(42)88)58(96)66-4/h23-30,85-88H,5-22H2,1-4H3,(H,63,93)(H,64,94)(H,65,95)(H,66,96)(H,67,89)(H,68,90)(H,69,91)(H,70,92)(H,71,97)(H,72,98)(H,73,99)(H,74,100)(H,77,78)(H,79,80)(H,81,82)(H,83,84). The van der Waals surface area contributed by atoms with E-state index in [4.69, 9.17) is 20.4 Å². The molecule has 4 aromatic rings. The first kappa shape index (κ1) is 80.0. The SMILES string of the molecule is CNC(=O)c1cc(C(=O)NCCC(=O)O)cc(C(=O)NCCN(CCNC(=O)c2cc(C(=O)NCCC(=O)O)cc(C(=O)NC)c2O)CCN(CCNC(=O)c2cc(C(=O)NCCC(=O)O)cc(C(=O)NC)c2O)CCNC(=O)c2cc(C(=O)NCCC(=O)O)cc(C(=O)NC)c2O)c1O. The Balaban J connectivity index is 1.77. The normalized spacial score (nSPS) is 10.7. The van der Waals surface area contributed by atoms with Gasteiger partial charge in [0, 0.05) is 142 Å². The van der Waals surface area contributed by atoms with Crippen LogP contribution in [0, 0.1) is 0 Å². The molecule has 0 atom stereocenters. The Kier molecular flexibility index (Phi) is 31.1. The summed E-state index contributed by atoms with van der Waals surface area (Å²) in [5.41, 5.74) is -5.74. The fourth-order valence-electron chi connectivity index (χ4n) is 9.17. The second-order valence-corrected chi connectivity index (χ2v) is 21.3. The van der Waals surface area contributed by atoms with Crippen molar-refractivity contribution in [3.63, 3.8) is 0 Å². The molecule has 0 radical (unpaired) electrons. The average Bonchev–Trinajstić information content (AvgIpc) is 0.827. The molecule has 0 heterocycles. The van der Waals surface area contributed by atoms with E-state index in [-0.39, 0.29) is 114 Å². The molecule has 538 valence electrons. The number of aliphatic carboxylic acids is 4. The van der Waals surface area contributed by atoms with Gasteiger partial charge in [-0.15, -0.1) is 0 Å². The Morgan fingerprint density at radius 1 is 0.250 bits per heavy atom. The highest BCUT2D eigenvalue weighted by molar-refractivity contribution is 6.11. The maximum Gasteiger partial charge on any atom is 0.305 e. The van der Waals surface area contributed by atoms with Crippen LogP contribution < -0.4 is 63.8 Å². The maximum absolute atomic E-state index is 13.9. The number of amides is 12. The molecule has 0 spiro atoms. The number of nitrogens with one attached hydrogen (secondary N) is 12. The Morgan fingerprint density at radius 3 is 0.570 bits per heavy atom. The van der Waals surface area contributed by atoms with Crippen LogP contribution in [0.2, 0.25) is 0 Å². The minimum Gasteiger partial charge on any atom is -0.506 e. The summed E-state index contributed by atoms with van der Waals surface area (Å²) >= 11 is 0. The number of phenols is 4. The number of hydrogen-bond donors (Lipinski definition) is 20. The molecule has 4 rings (SSSR count). The molecule has 0 aliphatic rings. The van der Waals surface area contributed by atoms with Gasteiger partial charge in [0.05, 0.1) is 70.2 Å². The number of carboxylic acids is 4. The summed E-state index contributed by atoms with van der Waals surface area (Å²) in [6, 6.07) is 7.62. The first-order valence-electron chi connectivity index (χ1n) is 30.3. The van der Waals surface area contributed by atoms with Gasteiger partial charge in [0.25, 0.3) is 70.9 Å². The number of carbonyl (C=O) groups excluding carboxylic acids is 12. The van der Waals surface area contributed by atoms with Gasteiger partial charge in [-0.05, 0) is 48.5 Å². The van der Waals surface area contributed by atoms with Crippen LogP contribution in [-0.4, -0.2) is 265 Å². The minimum absolute atomic E-state index is 0.103. The highest BCUT2D eigenvalue weighted by Gasteiger charge is 2.28. The summed E-state index contributed by atoms with van der Waals surface area (Å²) in [5, 5.41) is 110. The van der Waals surface area contributed by atoms with E-state index in [0.717, 1.165) is 48.5 Å². The van der Waals surface area contributed by atoms with Crippen LogP contribution in [0.25, 0.3) is 0 Å². The number of carbonyl (C=O) groups is 16. The van der Waals surface area contributed by atoms with Crippen molar-refractivity contribution in [3.05, 3.63) is 115 Å². The lowest BCUT2D eigenvalue weighted by atomic mass is 10.0. The van der Waals surface area contributed by atoms with Crippen LogP contribution in [0.15, 0.2) is 48.5 Å². The van der Waals surface area contributed by atoms with Gasteiger partial charge in [-0.2, -0.15) is 0 Å². The van der Waals surface area contributed by atoms with Gasteiger partial charge in [-0.25, -0.2) is 0 Å². The lowest BCUT2D eigenvalue weighted by Crippen LogP contribution is -2.46. The summed E-state index contributed by atoms with van der Waals surface area (Å²) in [6.07, 6.45) is -1.97. The molecule has 100 heavy (non-hydrogen) atoms. The van der Waals surface area contributed by atoms with Crippen molar-refractivity contribution >= 4 is 94.8 Å². The van der Waals surface area contributed by atoms with Crippen LogP contribution in [0.1, 0.15) is 150 Å². The van der Waals surface area contributed by atoms with Crippen molar-refractivity contribution in [1.82, 2.24) is 73.6 Å². The lowest BCUT2D eigenvalue weighted by molar-refractivity contribution is -0.137. The molecule has 0 aromatic heterocycles. The molecule has 0 aliphatic heterocycles. The van der Waals surface area contributed by atoms with E-state index < -0.39 is 188 Å². The molecule has 0 saturated carbocycles. The molecule has 4 aromatic carbocycles. The molecule has 0 saturated heterocycles. The summed E-state index contributed by atoms with van der Waals surface area (Å²) in [5.74, 6) is -20.0. The van der Waals surface area contributed by atoms with Crippen molar-refractivity contribution in [2.75, 3.05) is 120 Å². The van der Waals surface area contributed by atoms with E-state index in [1.54, 1.807) is 9.80 Å². The van der Waals surface area contributed by atoms with Crippen molar-refractivity contribution in [2.45, 2.75) is 25.7 Å². The fraction of sp³-hybridized carbons (Fsp3) is 0.355. The van der Waals surface area contributed by atoms with E-state index in [1.807, 2.05) is 0 Å². The van der Waals surface area contributed by atoms with Crippen molar-refractivity contribution in [2.24, 2.45) is 0 Å². The summed E-state index contributed by atoms with van der Waals surface area (Å²) in [4.78, 5) is 208. The topological polar surface area (TPSA) is 586 Å². The number of benzene rings is 4. The van der Waals surface area contributed by atoms with Crippen molar-refractivity contribution < 1.29 is 118 Å². The Morgan fingerprint density at radius 2 is 0.410 bits per heavy atom. The molecule has 20 N–H and O–H groups in total. The summed E-state index contributed by atoms with van der Waals surface area (Å²) in [6.45, 7) is -3.71. The average molecular weight is 1400 g/mol. The number of hydrogen-bond acceptors (Lipinski definition) is 22. The van der Waals surface area contributed by atoms with Crippen molar-refractivity contribution in [3.8, 4) is 23.0 Å². The number of phenolic OH excluding ortho intramolecular Hbond substituents is 4. The zero-order valence-electron chi connectivity index (χ0n) is 54.4. The predicted molar refractivity (Wildman–Crippen MR) is 347 cm³/mol. The Labute approximate surface area is 568 Å². The zero-order valence-corrected chi connectivity index (χ0v) is 54.4. The highest BCUT2D eigenvalue weighted by Crippen LogP contribution is 2.29. The molecule has 12 amide bonds. The van der Waals surface area contributed by atoms with Gasteiger partial charge < -0.3 is 105 Å².